The molecule has 0 radical (unpaired) electrons. The molecule has 0 saturated heterocycles. The maximum Gasteiger partial charge on any atom is 0.278 e. The van der Waals surface area contributed by atoms with E-state index >= 15 is 0 Å². The van der Waals surface area contributed by atoms with Gasteiger partial charge in [0.25, 0.3) is 8.32 Å². The van der Waals surface area contributed by atoms with E-state index in [0.717, 1.165) is 17.0 Å². The number of nitrogens with zero attached hydrogens (tertiary/aromatic N) is 1. The number of pyridine rings is 1. The van der Waals surface area contributed by atoms with Crippen LogP contribution in [0.4, 0.5) is 0 Å². The first-order chi connectivity index (χ1) is 12.6. The van der Waals surface area contributed by atoms with Crippen LogP contribution in [0.15, 0.2) is 79.0 Å². The van der Waals surface area contributed by atoms with Gasteiger partial charge in [0.15, 0.2) is 0 Å². The number of hydrogen-bond donors (Lipinski definition) is 0. The Morgan fingerprint density at radius 3 is 2.38 bits per heavy atom. The van der Waals surface area contributed by atoms with Gasteiger partial charge in [0.2, 0.25) is 0 Å². The molecule has 0 N–H and O–H groups in total. The molecule has 0 unspecified atom stereocenters. The zero-order valence-corrected chi connectivity index (χ0v) is 15.9. The first kappa shape index (κ1) is 15.4. The second-order valence-electron chi connectivity index (χ2n) is 7.22. The summed E-state index contributed by atoms with van der Waals surface area (Å²) in [5, 5.41) is 3.98. The second-order valence-corrected chi connectivity index (χ2v) is 10.9. The van der Waals surface area contributed by atoms with Crippen molar-refractivity contribution in [1.82, 2.24) is 4.98 Å². The third-order valence-corrected chi connectivity index (χ3v) is 7.59. The number of benzene rings is 3. The molecule has 5 rings (SSSR count). The van der Waals surface area contributed by atoms with E-state index in [1.54, 1.807) is 0 Å². The van der Waals surface area contributed by atoms with Gasteiger partial charge in [-0.2, -0.15) is 0 Å². The van der Waals surface area contributed by atoms with Crippen molar-refractivity contribution in [1.29, 1.82) is 0 Å². The highest BCUT2D eigenvalue weighted by Gasteiger charge is 2.38. The number of rotatable bonds is 1. The Hall–Kier alpha value is -2.91. The minimum absolute atomic E-state index is 0.957. The van der Waals surface area contributed by atoms with Crippen molar-refractivity contribution in [3.05, 3.63) is 79.0 Å². The van der Waals surface area contributed by atoms with Crippen molar-refractivity contribution in [2.24, 2.45) is 0 Å². The first-order valence-corrected chi connectivity index (χ1v) is 11.8. The van der Waals surface area contributed by atoms with Crippen LogP contribution < -0.4 is 9.61 Å². The van der Waals surface area contributed by atoms with Crippen LogP contribution >= 0.6 is 0 Å². The molecular formula is C23H19NOSi. The highest BCUT2D eigenvalue weighted by molar-refractivity contribution is 6.88. The summed E-state index contributed by atoms with van der Waals surface area (Å²) in [6.07, 6.45) is 1.83. The van der Waals surface area contributed by atoms with E-state index in [0.29, 0.717) is 0 Å². The lowest BCUT2D eigenvalue weighted by atomic mass is 9.97. The smallest absolute Gasteiger partial charge is 0.278 e. The molecule has 0 spiro atoms. The summed E-state index contributed by atoms with van der Waals surface area (Å²) in [6.45, 7) is 4.58. The van der Waals surface area contributed by atoms with Crippen LogP contribution in [0.5, 0.6) is 5.75 Å². The van der Waals surface area contributed by atoms with E-state index < -0.39 is 8.32 Å². The third kappa shape index (κ3) is 2.21. The molecule has 1 aliphatic heterocycles. The van der Waals surface area contributed by atoms with E-state index in [1.165, 1.54) is 27.1 Å². The van der Waals surface area contributed by atoms with Crippen molar-refractivity contribution >= 4 is 24.3 Å². The highest BCUT2D eigenvalue weighted by atomic mass is 28.4. The quantitative estimate of drug-likeness (QED) is 0.429. The lowest BCUT2D eigenvalue weighted by Gasteiger charge is -2.35. The van der Waals surface area contributed by atoms with Crippen LogP contribution in [0, 0.1) is 0 Å². The van der Waals surface area contributed by atoms with Gasteiger partial charge in [0.1, 0.15) is 5.75 Å². The lowest BCUT2D eigenvalue weighted by Crippen LogP contribution is -2.51. The average Bonchev–Trinajstić information content (AvgIpc) is 2.67. The van der Waals surface area contributed by atoms with Gasteiger partial charge >= 0.3 is 0 Å². The molecule has 26 heavy (non-hydrogen) atoms. The first-order valence-electron chi connectivity index (χ1n) is 8.91. The molecule has 3 heteroatoms. The topological polar surface area (TPSA) is 22.1 Å². The molecule has 0 amide bonds. The largest absolute Gasteiger partial charge is 0.539 e. The van der Waals surface area contributed by atoms with Crippen molar-refractivity contribution in [3.8, 4) is 28.1 Å². The molecule has 0 aliphatic carbocycles. The van der Waals surface area contributed by atoms with Crippen molar-refractivity contribution < 1.29 is 4.43 Å². The summed E-state index contributed by atoms with van der Waals surface area (Å²) < 4.78 is 6.74. The molecule has 4 aromatic rings. The SMILES string of the molecule is C[Si]1(C)Oc2c(-c3ccccn3)cccc2-c2ccc3ccccc3c21. The van der Waals surface area contributed by atoms with Gasteiger partial charge in [-0.3, -0.25) is 4.98 Å². The Bertz CT molecular complexity index is 1140. The summed E-state index contributed by atoms with van der Waals surface area (Å²) in [6, 6.07) is 25.5. The average molecular weight is 353 g/mol. The summed E-state index contributed by atoms with van der Waals surface area (Å²) in [7, 11) is -2.12. The van der Waals surface area contributed by atoms with Crippen LogP contribution in [0.2, 0.25) is 13.1 Å². The maximum absolute atomic E-state index is 6.74. The Labute approximate surface area is 154 Å². The van der Waals surface area contributed by atoms with Gasteiger partial charge in [-0.05, 0) is 52.8 Å². The minimum Gasteiger partial charge on any atom is -0.539 e. The predicted octanol–water partition coefficient (Wildman–Crippen LogP) is 5.37. The van der Waals surface area contributed by atoms with Crippen molar-refractivity contribution in [3.63, 3.8) is 0 Å². The zero-order chi connectivity index (χ0) is 17.7. The van der Waals surface area contributed by atoms with Gasteiger partial charge in [-0.1, -0.05) is 54.6 Å². The van der Waals surface area contributed by atoms with Crippen LogP contribution in [0.25, 0.3) is 33.2 Å². The molecular weight excluding hydrogens is 334 g/mol. The fourth-order valence-corrected chi connectivity index (χ4v) is 6.61. The predicted molar refractivity (Wildman–Crippen MR) is 110 cm³/mol. The Kier molecular flexibility index (Phi) is 3.27. The van der Waals surface area contributed by atoms with Crippen molar-refractivity contribution in [2.45, 2.75) is 13.1 Å². The number of hydrogen-bond acceptors (Lipinski definition) is 2. The molecule has 0 fully saturated rings. The molecule has 0 atom stereocenters. The highest BCUT2D eigenvalue weighted by Crippen LogP contribution is 2.43. The fourth-order valence-electron chi connectivity index (χ4n) is 4.03. The molecule has 0 saturated carbocycles. The lowest BCUT2D eigenvalue weighted by molar-refractivity contribution is 0.565. The van der Waals surface area contributed by atoms with Crippen LogP contribution in [-0.2, 0) is 0 Å². The molecule has 1 aliphatic rings. The standard InChI is InChI=1S/C23H19NOSi/c1-26(2)23-17-9-4-3-8-16(17)13-14-19(23)18-10-7-11-20(22(18)25-26)21-12-5-6-15-24-21/h3-15H,1-2H3. The summed E-state index contributed by atoms with van der Waals surface area (Å²) in [5.74, 6) is 0.977. The Morgan fingerprint density at radius 1 is 0.731 bits per heavy atom. The summed E-state index contributed by atoms with van der Waals surface area (Å²) in [4.78, 5) is 4.55. The molecule has 3 aromatic carbocycles. The van der Waals surface area contributed by atoms with Gasteiger partial charge < -0.3 is 4.43 Å². The van der Waals surface area contributed by atoms with Gasteiger partial charge in [0.05, 0.1) is 5.69 Å². The number of para-hydroxylation sites is 1. The minimum atomic E-state index is -2.12. The van der Waals surface area contributed by atoms with Gasteiger partial charge in [-0.15, -0.1) is 0 Å². The maximum atomic E-state index is 6.74. The van der Waals surface area contributed by atoms with Crippen LogP contribution in [0.3, 0.4) is 0 Å². The number of aromatic nitrogens is 1. The fraction of sp³-hybridized carbons (Fsp3) is 0.0870. The van der Waals surface area contributed by atoms with E-state index in [-0.39, 0.29) is 0 Å². The second kappa shape index (κ2) is 5.54. The van der Waals surface area contributed by atoms with E-state index in [4.69, 9.17) is 4.43 Å². The molecule has 2 heterocycles. The molecule has 1 aromatic heterocycles. The third-order valence-electron chi connectivity index (χ3n) is 5.13. The Morgan fingerprint density at radius 2 is 1.54 bits per heavy atom. The van der Waals surface area contributed by atoms with Crippen LogP contribution in [-0.4, -0.2) is 13.3 Å². The van der Waals surface area contributed by atoms with E-state index in [9.17, 15) is 0 Å². The Balaban J connectivity index is 1.85. The van der Waals surface area contributed by atoms with E-state index in [2.05, 4.69) is 72.7 Å². The van der Waals surface area contributed by atoms with Gasteiger partial charge in [-0.25, -0.2) is 0 Å². The zero-order valence-electron chi connectivity index (χ0n) is 14.9. The number of fused-ring (bicyclic) bond motifs is 5. The normalized spacial score (nSPS) is 14.4. The van der Waals surface area contributed by atoms with Gasteiger partial charge in [0, 0.05) is 17.3 Å². The molecule has 2 nitrogen and oxygen atoms in total. The summed E-state index contributed by atoms with van der Waals surface area (Å²) >= 11 is 0. The molecule has 126 valence electrons. The van der Waals surface area contributed by atoms with Crippen LogP contribution in [0.1, 0.15) is 0 Å². The van der Waals surface area contributed by atoms with E-state index in [1.807, 2.05) is 24.4 Å². The molecule has 0 bridgehead atoms. The van der Waals surface area contributed by atoms with Crippen molar-refractivity contribution in [2.75, 3.05) is 0 Å². The summed E-state index contributed by atoms with van der Waals surface area (Å²) in [5.41, 5.74) is 4.50. The monoisotopic (exact) mass is 353 g/mol.